The zero-order valence-electron chi connectivity index (χ0n) is 18.9. The molecule has 0 aliphatic rings. The van der Waals surface area contributed by atoms with Gasteiger partial charge in [0.15, 0.2) is 5.96 Å². The highest BCUT2D eigenvalue weighted by molar-refractivity contribution is 14.0. The van der Waals surface area contributed by atoms with E-state index in [-0.39, 0.29) is 24.0 Å². The van der Waals surface area contributed by atoms with E-state index in [1.807, 2.05) is 58.3 Å². The molecule has 1 aromatic heterocycles. The predicted octanol–water partition coefficient (Wildman–Crippen LogP) is 3.17. The quantitative estimate of drug-likeness (QED) is 0.196. The van der Waals surface area contributed by atoms with Crippen LogP contribution in [0.25, 0.3) is 0 Å². The minimum atomic E-state index is -0.500. The molecule has 1 heterocycles. The number of carbonyl (C=O) groups is 1. The minimum absolute atomic E-state index is 0. The minimum Gasteiger partial charge on any atom is -0.444 e. The summed E-state index contributed by atoms with van der Waals surface area (Å²) in [5, 5.41) is 9.15. The van der Waals surface area contributed by atoms with E-state index in [0.29, 0.717) is 25.6 Å². The fourth-order valence-electron chi connectivity index (χ4n) is 2.76. The molecule has 3 N–H and O–H groups in total. The number of nitrogens with one attached hydrogen (secondary N) is 3. The molecule has 2 rings (SSSR count). The molecule has 0 aliphatic heterocycles. The maximum atomic E-state index is 11.7. The molecule has 0 saturated carbocycles. The third-order valence-corrected chi connectivity index (χ3v) is 4.03. The van der Waals surface area contributed by atoms with Crippen LogP contribution in [0.2, 0.25) is 0 Å². The number of carbonyl (C=O) groups excluding carboxylic acids is 1. The fourth-order valence-corrected chi connectivity index (χ4v) is 2.76. The average molecular weight is 542 g/mol. The van der Waals surface area contributed by atoms with Gasteiger partial charge in [-0.1, -0.05) is 30.3 Å². The number of ether oxygens (including phenoxy) is 1. The predicted molar refractivity (Wildman–Crippen MR) is 135 cm³/mol. The van der Waals surface area contributed by atoms with Gasteiger partial charge in [-0.05, 0) is 33.3 Å². The lowest BCUT2D eigenvalue weighted by Gasteiger charge is -2.19. The van der Waals surface area contributed by atoms with Crippen LogP contribution in [-0.4, -0.2) is 53.4 Å². The van der Waals surface area contributed by atoms with E-state index >= 15 is 0 Å². The summed E-state index contributed by atoms with van der Waals surface area (Å²) < 4.78 is 7.37. The van der Waals surface area contributed by atoms with Gasteiger partial charge in [-0.25, -0.2) is 9.78 Å². The Kier molecular flexibility index (Phi) is 12.0. The largest absolute Gasteiger partial charge is 0.444 e. The Morgan fingerprint density at radius 1 is 1.13 bits per heavy atom. The molecule has 9 heteroatoms. The van der Waals surface area contributed by atoms with Crippen LogP contribution < -0.4 is 16.0 Å². The van der Waals surface area contributed by atoms with E-state index < -0.39 is 11.7 Å². The Hall–Kier alpha value is -2.30. The van der Waals surface area contributed by atoms with E-state index in [2.05, 4.69) is 42.6 Å². The van der Waals surface area contributed by atoms with Crippen molar-refractivity contribution >= 4 is 36.0 Å². The van der Waals surface area contributed by atoms with Gasteiger partial charge in [0.05, 0.1) is 0 Å². The molecule has 31 heavy (non-hydrogen) atoms. The number of imidazole rings is 1. The van der Waals surface area contributed by atoms with Crippen molar-refractivity contribution in [1.82, 2.24) is 25.5 Å². The monoisotopic (exact) mass is 542 g/mol. The molecule has 0 radical (unpaired) electrons. The second-order valence-electron chi connectivity index (χ2n) is 7.82. The van der Waals surface area contributed by atoms with E-state index in [9.17, 15) is 4.79 Å². The highest BCUT2D eigenvalue weighted by Crippen LogP contribution is 2.07. The van der Waals surface area contributed by atoms with Crippen molar-refractivity contribution in [2.24, 2.45) is 4.99 Å². The third-order valence-electron chi connectivity index (χ3n) is 4.03. The number of benzene rings is 1. The van der Waals surface area contributed by atoms with Crippen molar-refractivity contribution in [3.05, 3.63) is 54.1 Å². The molecule has 1 amide bonds. The van der Waals surface area contributed by atoms with E-state index in [0.717, 1.165) is 25.3 Å². The van der Waals surface area contributed by atoms with Gasteiger partial charge in [0.1, 0.15) is 11.4 Å². The smallest absolute Gasteiger partial charge is 0.407 e. The number of amides is 1. The summed E-state index contributed by atoms with van der Waals surface area (Å²) in [6.45, 7) is 10.7. The van der Waals surface area contributed by atoms with Gasteiger partial charge in [-0.3, -0.25) is 4.99 Å². The Bertz CT molecular complexity index is 802. The molecular weight excluding hydrogens is 507 g/mol. The highest BCUT2D eigenvalue weighted by atomic mass is 127. The van der Waals surface area contributed by atoms with Gasteiger partial charge < -0.3 is 25.3 Å². The molecule has 1 aromatic carbocycles. The molecule has 0 fully saturated rings. The molecule has 172 valence electrons. The summed E-state index contributed by atoms with van der Waals surface area (Å²) in [6, 6.07) is 10.3. The number of guanidine groups is 1. The summed E-state index contributed by atoms with van der Waals surface area (Å²) in [7, 11) is 0. The standard InChI is InChI=1S/C22H34N6O2.HI/c1-5-23-20(26-13-14-27-21(29)30-22(2,3)4)25-12-11-19-24-15-16-28(19)17-18-9-7-6-8-10-18;/h6-10,15-16H,5,11-14,17H2,1-4H3,(H,27,29)(H2,23,25,26);1H. The van der Waals surface area contributed by atoms with Gasteiger partial charge in [0, 0.05) is 51.5 Å². The second kappa shape index (κ2) is 13.9. The van der Waals surface area contributed by atoms with Gasteiger partial charge in [0.2, 0.25) is 0 Å². The first-order valence-corrected chi connectivity index (χ1v) is 10.4. The summed E-state index contributed by atoms with van der Waals surface area (Å²) in [4.78, 5) is 20.8. The van der Waals surface area contributed by atoms with E-state index in [1.54, 1.807) is 0 Å². The molecule has 2 aromatic rings. The lowest BCUT2D eigenvalue weighted by Crippen LogP contribution is -2.42. The Balaban J connectivity index is 0.00000480. The first kappa shape index (κ1) is 26.7. The molecule has 0 spiro atoms. The lowest BCUT2D eigenvalue weighted by atomic mass is 10.2. The molecule has 0 saturated heterocycles. The van der Waals surface area contributed by atoms with Crippen molar-refractivity contribution < 1.29 is 9.53 Å². The van der Waals surface area contributed by atoms with E-state index in [4.69, 9.17) is 4.74 Å². The summed E-state index contributed by atoms with van der Waals surface area (Å²) in [6.07, 6.45) is 4.15. The zero-order chi connectivity index (χ0) is 21.8. The van der Waals surface area contributed by atoms with Crippen LogP contribution in [0.4, 0.5) is 4.79 Å². The molecule has 0 bridgehead atoms. The average Bonchev–Trinajstić information content (AvgIpc) is 3.11. The Morgan fingerprint density at radius 3 is 2.52 bits per heavy atom. The Morgan fingerprint density at radius 2 is 1.84 bits per heavy atom. The van der Waals surface area contributed by atoms with Gasteiger partial charge >= 0.3 is 6.09 Å². The molecule has 0 unspecified atom stereocenters. The van der Waals surface area contributed by atoms with Crippen LogP contribution in [-0.2, 0) is 17.7 Å². The SMILES string of the molecule is CCNC(=NCCc1nccn1Cc1ccccc1)NCCNC(=O)OC(C)(C)C.I. The molecular formula is C22H35IN6O2. The van der Waals surface area contributed by atoms with Gasteiger partial charge in [0.25, 0.3) is 0 Å². The first-order chi connectivity index (χ1) is 14.4. The van der Waals surface area contributed by atoms with Crippen LogP contribution in [0.1, 0.15) is 39.1 Å². The molecule has 8 nitrogen and oxygen atoms in total. The second-order valence-corrected chi connectivity index (χ2v) is 7.82. The molecule has 0 aliphatic carbocycles. The van der Waals surface area contributed by atoms with Crippen LogP contribution in [0, 0.1) is 0 Å². The number of rotatable bonds is 9. The van der Waals surface area contributed by atoms with Crippen LogP contribution in [0.3, 0.4) is 0 Å². The highest BCUT2D eigenvalue weighted by Gasteiger charge is 2.15. The van der Waals surface area contributed by atoms with Crippen molar-refractivity contribution in [3.63, 3.8) is 0 Å². The number of hydrogen-bond acceptors (Lipinski definition) is 4. The van der Waals surface area contributed by atoms with Crippen LogP contribution in [0.15, 0.2) is 47.7 Å². The number of halogens is 1. The van der Waals surface area contributed by atoms with Gasteiger partial charge in [-0.15, -0.1) is 24.0 Å². The first-order valence-electron chi connectivity index (χ1n) is 10.4. The zero-order valence-corrected chi connectivity index (χ0v) is 21.2. The third kappa shape index (κ3) is 11.0. The molecule has 0 atom stereocenters. The maximum Gasteiger partial charge on any atom is 0.407 e. The van der Waals surface area contributed by atoms with E-state index in [1.165, 1.54) is 5.56 Å². The summed E-state index contributed by atoms with van der Waals surface area (Å²) >= 11 is 0. The summed E-state index contributed by atoms with van der Waals surface area (Å²) in [5.74, 6) is 1.72. The van der Waals surface area contributed by atoms with Crippen LogP contribution >= 0.6 is 24.0 Å². The van der Waals surface area contributed by atoms with Crippen LogP contribution in [0.5, 0.6) is 0 Å². The number of alkyl carbamates (subject to hydrolysis) is 1. The number of nitrogens with zero attached hydrogens (tertiary/aromatic N) is 3. The lowest BCUT2D eigenvalue weighted by molar-refractivity contribution is 0.0529. The van der Waals surface area contributed by atoms with Gasteiger partial charge in [-0.2, -0.15) is 0 Å². The van der Waals surface area contributed by atoms with Crippen molar-refractivity contribution in [3.8, 4) is 0 Å². The fraction of sp³-hybridized carbons (Fsp3) is 0.500. The number of aromatic nitrogens is 2. The topological polar surface area (TPSA) is 92.6 Å². The Labute approximate surface area is 202 Å². The van der Waals surface area contributed by atoms with Crippen molar-refractivity contribution in [2.75, 3.05) is 26.2 Å². The normalized spacial score (nSPS) is 11.4. The summed E-state index contributed by atoms with van der Waals surface area (Å²) in [5.41, 5.74) is 0.743. The maximum absolute atomic E-state index is 11.7. The number of aliphatic imine (C=N–C) groups is 1. The van der Waals surface area contributed by atoms with Crippen molar-refractivity contribution in [1.29, 1.82) is 0 Å². The number of hydrogen-bond donors (Lipinski definition) is 3. The van der Waals surface area contributed by atoms with Crippen molar-refractivity contribution in [2.45, 2.75) is 46.3 Å².